The highest BCUT2D eigenvalue weighted by Crippen LogP contribution is 2.32. The van der Waals surface area contributed by atoms with Gasteiger partial charge >= 0.3 is 5.97 Å². The van der Waals surface area contributed by atoms with E-state index in [4.69, 9.17) is 5.11 Å². The SMILES string of the molecule is CC(C)C1CCCN1S(=O)(=O)c1ccsc1C(=O)O. The Kier molecular flexibility index (Phi) is 3.98. The van der Waals surface area contributed by atoms with Crippen molar-refractivity contribution in [2.45, 2.75) is 37.6 Å². The molecular formula is C12H17NO4S2. The molecule has 106 valence electrons. The van der Waals surface area contributed by atoms with Crippen LogP contribution in [0.4, 0.5) is 0 Å². The summed E-state index contributed by atoms with van der Waals surface area (Å²) in [5, 5.41) is 10.6. The van der Waals surface area contributed by atoms with E-state index in [0.717, 1.165) is 24.2 Å². The quantitative estimate of drug-likeness (QED) is 0.925. The molecule has 0 amide bonds. The van der Waals surface area contributed by atoms with E-state index >= 15 is 0 Å². The molecule has 0 aliphatic carbocycles. The van der Waals surface area contributed by atoms with Gasteiger partial charge in [-0.2, -0.15) is 4.31 Å². The largest absolute Gasteiger partial charge is 0.477 e. The first-order chi connectivity index (χ1) is 8.85. The van der Waals surface area contributed by atoms with Crippen LogP contribution in [0, 0.1) is 5.92 Å². The van der Waals surface area contributed by atoms with Crippen LogP contribution in [0.5, 0.6) is 0 Å². The second kappa shape index (κ2) is 5.22. The van der Waals surface area contributed by atoms with E-state index in [2.05, 4.69) is 0 Å². The fourth-order valence-corrected chi connectivity index (χ4v) is 5.57. The van der Waals surface area contributed by atoms with Gasteiger partial charge in [0.05, 0.1) is 0 Å². The summed E-state index contributed by atoms with van der Waals surface area (Å²) < 4.78 is 26.7. The zero-order chi connectivity index (χ0) is 14.2. The molecule has 0 aromatic carbocycles. The first-order valence-corrected chi connectivity index (χ1v) is 8.50. The molecule has 7 heteroatoms. The third-order valence-corrected chi connectivity index (χ3v) is 6.43. The van der Waals surface area contributed by atoms with Crippen LogP contribution in [0.15, 0.2) is 16.3 Å². The number of carboxylic acid groups (broad SMARTS) is 1. The van der Waals surface area contributed by atoms with Gasteiger partial charge in [-0.3, -0.25) is 0 Å². The van der Waals surface area contributed by atoms with E-state index < -0.39 is 16.0 Å². The summed E-state index contributed by atoms with van der Waals surface area (Å²) in [5.74, 6) is -0.960. The molecule has 1 aromatic heterocycles. The van der Waals surface area contributed by atoms with Gasteiger partial charge in [0.25, 0.3) is 0 Å². The molecule has 1 N–H and O–H groups in total. The topological polar surface area (TPSA) is 74.7 Å². The summed E-state index contributed by atoms with van der Waals surface area (Å²) in [6.45, 7) is 4.45. The Balaban J connectivity index is 2.42. The van der Waals surface area contributed by atoms with E-state index in [1.54, 1.807) is 0 Å². The minimum absolute atomic E-state index is 0.0356. The zero-order valence-electron chi connectivity index (χ0n) is 10.9. The summed E-state index contributed by atoms with van der Waals surface area (Å²) >= 11 is 0.948. The molecule has 0 saturated carbocycles. The highest BCUT2D eigenvalue weighted by Gasteiger charge is 2.38. The second-order valence-corrected chi connectivity index (χ2v) is 7.76. The molecule has 1 atom stereocenters. The van der Waals surface area contributed by atoms with Crippen LogP contribution in [0.1, 0.15) is 36.4 Å². The molecule has 1 unspecified atom stereocenters. The summed E-state index contributed by atoms with van der Waals surface area (Å²) in [5.41, 5.74) is 0. The Labute approximate surface area is 116 Å². The van der Waals surface area contributed by atoms with Gasteiger partial charge in [-0.05, 0) is 30.2 Å². The minimum Gasteiger partial charge on any atom is -0.477 e. The van der Waals surface area contributed by atoms with E-state index in [0.29, 0.717) is 6.54 Å². The van der Waals surface area contributed by atoms with Gasteiger partial charge < -0.3 is 5.11 Å². The van der Waals surface area contributed by atoms with Crippen LogP contribution < -0.4 is 0 Å². The lowest BCUT2D eigenvalue weighted by Crippen LogP contribution is -2.38. The normalized spacial score (nSPS) is 21.1. The van der Waals surface area contributed by atoms with Crippen molar-refractivity contribution in [1.82, 2.24) is 4.31 Å². The average Bonchev–Trinajstić information content (AvgIpc) is 2.98. The van der Waals surface area contributed by atoms with Crippen LogP contribution in [-0.4, -0.2) is 36.4 Å². The van der Waals surface area contributed by atoms with Crippen molar-refractivity contribution in [3.05, 3.63) is 16.3 Å². The number of hydrogen-bond donors (Lipinski definition) is 1. The number of hydrogen-bond acceptors (Lipinski definition) is 4. The van der Waals surface area contributed by atoms with Gasteiger partial charge in [-0.15, -0.1) is 11.3 Å². The van der Waals surface area contributed by atoms with Gasteiger partial charge in [-0.25, -0.2) is 13.2 Å². The fraction of sp³-hybridized carbons (Fsp3) is 0.583. The Morgan fingerprint density at radius 3 is 2.79 bits per heavy atom. The number of thiophene rings is 1. The molecule has 1 aliphatic rings. The van der Waals surface area contributed by atoms with E-state index in [1.165, 1.54) is 15.8 Å². The summed E-state index contributed by atoms with van der Waals surface area (Å²) in [6.07, 6.45) is 1.66. The highest BCUT2D eigenvalue weighted by atomic mass is 32.2. The van der Waals surface area contributed by atoms with Crippen molar-refractivity contribution in [2.24, 2.45) is 5.92 Å². The Hall–Kier alpha value is -0.920. The van der Waals surface area contributed by atoms with Crippen LogP contribution in [0.2, 0.25) is 0 Å². The van der Waals surface area contributed by atoms with Crippen molar-refractivity contribution in [2.75, 3.05) is 6.54 Å². The Morgan fingerprint density at radius 2 is 2.21 bits per heavy atom. The first-order valence-electron chi connectivity index (χ1n) is 6.18. The minimum atomic E-state index is -3.70. The molecule has 0 bridgehead atoms. The molecule has 0 spiro atoms. The third kappa shape index (κ3) is 2.54. The molecule has 2 rings (SSSR count). The van der Waals surface area contributed by atoms with Gasteiger partial charge in [0.2, 0.25) is 10.0 Å². The molecule has 1 aromatic rings. The average molecular weight is 303 g/mol. The van der Waals surface area contributed by atoms with Crippen LogP contribution in [0.3, 0.4) is 0 Å². The molecule has 19 heavy (non-hydrogen) atoms. The number of sulfonamides is 1. The first kappa shape index (κ1) is 14.5. The molecular weight excluding hydrogens is 286 g/mol. The fourth-order valence-electron chi connectivity index (χ4n) is 2.51. The Bertz CT molecular complexity index is 576. The lowest BCUT2D eigenvalue weighted by Gasteiger charge is -2.26. The maximum absolute atomic E-state index is 12.6. The number of rotatable bonds is 4. The second-order valence-electron chi connectivity index (χ2n) is 4.99. The van der Waals surface area contributed by atoms with Crippen molar-refractivity contribution >= 4 is 27.3 Å². The number of carboxylic acids is 1. The summed E-state index contributed by atoms with van der Waals surface area (Å²) in [6, 6.07) is 1.35. The number of carbonyl (C=O) groups is 1. The molecule has 0 radical (unpaired) electrons. The molecule has 2 heterocycles. The van der Waals surface area contributed by atoms with Gasteiger partial charge in [0.1, 0.15) is 9.77 Å². The van der Waals surface area contributed by atoms with E-state index in [9.17, 15) is 13.2 Å². The smallest absolute Gasteiger partial charge is 0.347 e. The van der Waals surface area contributed by atoms with Crippen LogP contribution in [-0.2, 0) is 10.0 Å². The zero-order valence-corrected chi connectivity index (χ0v) is 12.5. The number of aromatic carboxylic acids is 1. The van der Waals surface area contributed by atoms with Crippen LogP contribution >= 0.6 is 11.3 Å². The molecule has 1 saturated heterocycles. The van der Waals surface area contributed by atoms with Gasteiger partial charge in [0.15, 0.2) is 0 Å². The van der Waals surface area contributed by atoms with E-state index in [1.807, 2.05) is 13.8 Å². The van der Waals surface area contributed by atoms with Crippen molar-refractivity contribution < 1.29 is 18.3 Å². The standard InChI is InChI=1S/C12H17NO4S2/c1-8(2)9-4-3-6-13(9)19(16,17)10-5-7-18-11(10)12(14)15/h5,7-9H,3-4,6H2,1-2H3,(H,14,15). The summed E-state index contributed by atoms with van der Waals surface area (Å²) in [4.78, 5) is 10.9. The molecule has 1 aliphatic heterocycles. The third-order valence-electron chi connectivity index (χ3n) is 3.43. The lowest BCUT2D eigenvalue weighted by atomic mass is 10.0. The lowest BCUT2D eigenvalue weighted by molar-refractivity contribution is 0.0698. The predicted octanol–water partition coefficient (Wildman–Crippen LogP) is 2.26. The number of nitrogens with zero attached hydrogens (tertiary/aromatic N) is 1. The van der Waals surface area contributed by atoms with Crippen molar-refractivity contribution in [3.63, 3.8) is 0 Å². The molecule has 1 fully saturated rings. The predicted molar refractivity (Wildman–Crippen MR) is 73.0 cm³/mol. The monoisotopic (exact) mass is 303 g/mol. The van der Waals surface area contributed by atoms with Gasteiger partial charge in [0, 0.05) is 12.6 Å². The maximum atomic E-state index is 12.6. The van der Waals surface area contributed by atoms with Crippen LogP contribution in [0.25, 0.3) is 0 Å². The molecule has 5 nitrogen and oxygen atoms in total. The van der Waals surface area contributed by atoms with Crippen molar-refractivity contribution in [1.29, 1.82) is 0 Å². The summed E-state index contributed by atoms with van der Waals surface area (Å²) in [7, 11) is -3.70. The highest BCUT2D eigenvalue weighted by molar-refractivity contribution is 7.89. The Morgan fingerprint density at radius 1 is 1.53 bits per heavy atom. The maximum Gasteiger partial charge on any atom is 0.347 e. The van der Waals surface area contributed by atoms with E-state index in [-0.39, 0.29) is 21.7 Å². The van der Waals surface area contributed by atoms with Gasteiger partial charge in [-0.1, -0.05) is 13.8 Å². The van der Waals surface area contributed by atoms with Crippen molar-refractivity contribution in [3.8, 4) is 0 Å².